The zero-order chi connectivity index (χ0) is 13.9. The van der Waals surface area contributed by atoms with E-state index in [1.165, 1.54) is 0 Å². The van der Waals surface area contributed by atoms with Gasteiger partial charge in [-0.15, -0.1) is 0 Å². The van der Waals surface area contributed by atoms with Gasteiger partial charge in [-0.05, 0) is 31.2 Å². The summed E-state index contributed by atoms with van der Waals surface area (Å²) in [7, 11) is 0. The van der Waals surface area contributed by atoms with Crippen LogP contribution in [0.15, 0.2) is 34.3 Å². The molecule has 0 aliphatic carbocycles. The predicted octanol–water partition coefficient (Wildman–Crippen LogP) is 4.43. The van der Waals surface area contributed by atoms with Gasteiger partial charge in [-0.25, -0.2) is 9.98 Å². The van der Waals surface area contributed by atoms with Gasteiger partial charge in [-0.3, -0.25) is 0 Å². The molecule has 0 saturated heterocycles. The van der Waals surface area contributed by atoms with Crippen LogP contribution in [0.5, 0.6) is 0 Å². The van der Waals surface area contributed by atoms with Gasteiger partial charge in [0.2, 0.25) is 0 Å². The second-order valence-corrected chi connectivity index (χ2v) is 5.61. The molecule has 0 spiro atoms. The molecule has 2 heterocycles. The van der Waals surface area contributed by atoms with E-state index in [9.17, 15) is 0 Å². The molecule has 0 fully saturated rings. The van der Waals surface area contributed by atoms with E-state index < -0.39 is 0 Å². The summed E-state index contributed by atoms with van der Waals surface area (Å²) >= 11 is 0. The third-order valence-corrected chi connectivity index (χ3v) is 3.77. The third-order valence-electron chi connectivity index (χ3n) is 3.77. The van der Waals surface area contributed by atoms with Crippen molar-refractivity contribution in [2.45, 2.75) is 20.8 Å². The fraction of sp³-hybridized carbons (Fsp3) is 0.250. The Morgan fingerprint density at radius 3 is 2.10 bits per heavy atom. The molecule has 0 aromatic heterocycles. The highest BCUT2D eigenvalue weighted by atomic mass is 15.1. The first-order valence-electron chi connectivity index (χ1n) is 6.91. The van der Waals surface area contributed by atoms with E-state index in [0.717, 1.165) is 45.2 Å². The average molecular weight is 264 g/mol. The second kappa shape index (κ2) is 3.82. The van der Waals surface area contributed by atoms with Crippen molar-refractivity contribution in [1.29, 1.82) is 0 Å². The van der Waals surface area contributed by atoms with Gasteiger partial charge in [0, 0.05) is 28.1 Å². The van der Waals surface area contributed by atoms with Gasteiger partial charge < -0.3 is 10.6 Å². The van der Waals surface area contributed by atoms with Crippen LogP contribution in [-0.4, -0.2) is 11.7 Å². The summed E-state index contributed by atoms with van der Waals surface area (Å²) in [5, 5.41) is 9.10. The van der Waals surface area contributed by atoms with Gasteiger partial charge in [0.25, 0.3) is 0 Å². The molecule has 0 radical (unpaired) electrons. The summed E-state index contributed by atoms with van der Waals surface area (Å²) in [6.07, 6.45) is 0. The normalized spacial score (nSPS) is 15.6. The molecule has 2 aliphatic heterocycles. The maximum atomic E-state index is 4.75. The number of rotatable bonds is 1. The standard InChI is InChI=1S/C16H16N4/c1-8(2)16-19-12-6-4-10-14-11(18-9(3)17-10)5-7-13(20-16)15(12)14/h4-8H,1-3H3,(H,17,18)(H,19,20). The number of hydrogen-bond acceptors (Lipinski definition) is 4. The molecule has 2 aromatic carbocycles. The molecule has 2 N–H and O–H groups in total. The maximum absolute atomic E-state index is 4.75. The van der Waals surface area contributed by atoms with Crippen molar-refractivity contribution in [3.63, 3.8) is 0 Å². The Labute approximate surface area is 117 Å². The van der Waals surface area contributed by atoms with E-state index in [2.05, 4.69) is 53.7 Å². The topological polar surface area (TPSA) is 48.8 Å². The van der Waals surface area contributed by atoms with Gasteiger partial charge in [0.05, 0.1) is 11.4 Å². The molecule has 2 aliphatic rings. The Morgan fingerprint density at radius 2 is 1.45 bits per heavy atom. The lowest BCUT2D eigenvalue weighted by molar-refractivity contribution is 0.880. The number of amidine groups is 2. The Bertz CT molecular complexity index is 800. The predicted molar refractivity (Wildman–Crippen MR) is 85.9 cm³/mol. The van der Waals surface area contributed by atoms with Crippen LogP contribution in [-0.2, 0) is 0 Å². The monoisotopic (exact) mass is 264 g/mol. The van der Waals surface area contributed by atoms with Crippen LogP contribution in [0.25, 0.3) is 10.8 Å². The lowest BCUT2D eigenvalue weighted by Crippen LogP contribution is -2.21. The van der Waals surface area contributed by atoms with Gasteiger partial charge in [-0.2, -0.15) is 0 Å². The van der Waals surface area contributed by atoms with Crippen LogP contribution < -0.4 is 10.6 Å². The molecule has 0 amide bonds. The van der Waals surface area contributed by atoms with Gasteiger partial charge >= 0.3 is 0 Å². The lowest BCUT2D eigenvalue weighted by Gasteiger charge is -2.25. The highest BCUT2D eigenvalue weighted by Gasteiger charge is 2.21. The Balaban J connectivity index is 2.08. The zero-order valence-corrected chi connectivity index (χ0v) is 11.8. The Morgan fingerprint density at radius 1 is 0.850 bits per heavy atom. The zero-order valence-electron chi connectivity index (χ0n) is 11.8. The van der Waals surface area contributed by atoms with E-state index in [0.29, 0.717) is 5.92 Å². The Hall–Kier alpha value is -2.36. The van der Waals surface area contributed by atoms with Crippen LogP contribution in [0.4, 0.5) is 22.7 Å². The number of nitrogens with zero attached hydrogens (tertiary/aromatic N) is 2. The number of anilines is 2. The van der Waals surface area contributed by atoms with E-state index >= 15 is 0 Å². The molecule has 0 saturated carbocycles. The smallest absolute Gasteiger partial charge is 0.109 e. The molecule has 4 nitrogen and oxygen atoms in total. The molecule has 4 rings (SSSR count). The van der Waals surface area contributed by atoms with Crippen LogP contribution >= 0.6 is 0 Å². The summed E-state index contributed by atoms with van der Waals surface area (Å²) in [4.78, 5) is 9.34. The first-order chi connectivity index (χ1) is 9.63. The summed E-state index contributed by atoms with van der Waals surface area (Å²) in [5.74, 6) is 2.32. The fourth-order valence-electron chi connectivity index (χ4n) is 2.83. The van der Waals surface area contributed by atoms with Crippen LogP contribution in [0.3, 0.4) is 0 Å². The number of nitrogens with one attached hydrogen (secondary N) is 2. The van der Waals surface area contributed by atoms with Gasteiger partial charge in [-0.1, -0.05) is 13.8 Å². The van der Waals surface area contributed by atoms with Crippen molar-refractivity contribution in [3.8, 4) is 0 Å². The quantitative estimate of drug-likeness (QED) is 0.800. The SMILES string of the molecule is CC1=Nc2ccc3c4c(ccc(c24)N1)N=C(C(C)C)N3. The van der Waals surface area contributed by atoms with Crippen molar-refractivity contribution in [3.05, 3.63) is 24.3 Å². The maximum Gasteiger partial charge on any atom is 0.109 e. The summed E-state index contributed by atoms with van der Waals surface area (Å²) in [6.45, 7) is 6.28. The number of hydrogen-bond donors (Lipinski definition) is 2. The first-order valence-corrected chi connectivity index (χ1v) is 6.91. The van der Waals surface area contributed by atoms with Gasteiger partial charge in [0.1, 0.15) is 11.7 Å². The van der Waals surface area contributed by atoms with E-state index in [1.54, 1.807) is 0 Å². The van der Waals surface area contributed by atoms with Crippen molar-refractivity contribution in [2.75, 3.05) is 10.6 Å². The summed E-state index contributed by atoms with van der Waals surface area (Å²) in [6, 6.07) is 8.35. The van der Waals surface area contributed by atoms with E-state index in [-0.39, 0.29) is 0 Å². The molecule has 4 heteroatoms. The van der Waals surface area contributed by atoms with Crippen molar-refractivity contribution in [1.82, 2.24) is 0 Å². The molecule has 0 atom stereocenters. The van der Waals surface area contributed by atoms with Crippen molar-refractivity contribution < 1.29 is 0 Å². The first kappa shape index (κ1) is 11.5. The van der Waals surface area contributed by atoms with Crippen LogP contribution in [0, 0.1) is 5.92 Å². The molecule has 100 valence electrons. The van der Waals surface area contributed by atoms with Crippen LogP contribution in [0.2, 0.25) is 0 Å². The van der Waals surface area contributed by atoms with Crippen molar-refractivity contribution in [2.24, 2.45) is 15.9 Å². The van der Waals surface area contributed by atoms with Crippen LogP contribution in [0.1, 0.15) is 20.8 Å². The van der Waals surface area contributed by atoms with Gasteiger partial charge in [0.15, 0.2) is 0 Å². The highest BCUT2D eigenvalue weighted by molar-refractivity contribution is 6.23. The lowest BCUT2D eigenvalue weighted by atomic mass is 9.99. The molecular formula is C16H16N4. The average Bonchev–Trinajstić information content (AvgIpc) is 2.43. The number of benzene rings is 2. The third kappa shape index (κ3) is 1.48. The fourth-order valence-corrected chi connectivity index (χ4v) is 2.83. The minimum atomic E-state index is 0.379. The minimum Gasteiger partial charge on any atom is -0.343 e. The molecule has 20 heavy (non-hydrogen) atoms. The Kier molecular flexibility index (Phi) is 2.19. The molecule has 0 unspecified atom stereocenters. The molecule has 0 bridgehead atoms. The second-order valence-electron chi connectivity index (χ2n) is 5.61. The van der Waals surface area contributed by atoms with E-state index in [4.69, 9.17) is 4.99 Å². The minimum absolute atomic E-state index is 0.379. The highest BCUT2D eigenvalue weighted by Crippen LogP contribution is 2.45. The van der Waals surface area contributed by atoms with E-state index in [1.807, 2.05) is 6.92 Å². The summed E-state index contributed by atoms with van der Waals surface area (Å²) < 4.78 is 0. The number of aliphatic imine (C=N–C) groups is 2. The molecular weight excluding hydrogens is 248 g/mol. The molecule has 2 aromatic rings. The van der Waals surface area contributed by atoms with Crippen molar-refractivity contribution >= 4 is 45.2 Å². The largest absolute Gasteiger partial charge is 0.343 e. The summed E-state index contributed by atoms with van der Waals surface area (Å²) in [5.41, 5.74) is 4.27.